The average molecular weight is 253 g/mol. The van der Waals surface area contributed by atoms with Gasteiger partial charge in [-0.25, -0.2) is 4.98 Å². The molecule has 1 aromatic carbocycles. The molecule has 0 fully saturated rings. The van der Waals surface area contributed by atoms with Gasteiger partial charge in [0.1, 0.15) is 5.69 Å². The van der Waals surface area contributed by atoms with Gasteiger partial charge in [-0.3, -0.25) is 4.79 Å². The van der Waals surface area contributed by atoms with Crippen molar-refractivity contribution >= 4 is 28.0 Å². The number of aromatic nitrogens is 1. The molecule has 0 amide bonds. The topological polar surface area (TPSA) is 30.0 Å². The molecule has 3 heteroatoms. The first-order chi connectivity index (χ1) is 8.74. The van der Waals surface area contributed by atoms with Crippen molar-refractivity contribution in [1.82, 2.24) is 4.98 Å². The molecule has 2 heterocycles. The molecule has 0 aliphatic heterocycles. The summed E-state index contributed by atoms with van der Waals surface area (Å²) in [5.41, 5.74) is 2.57. The van der Waals surface area contributed by atoms with Gasteiger partial charge >= 0.3 is 0 Å². The fourth-order valence-electron chi connectivity index (χ4n) is 1.91. The largest absolute Gasteiger partial charge is 0.286 e. The first-order valence-electron chi connectivity index (χ1n) is 5.70. The van der Waals surface area contributed by atoms with E-state index in [1.54, 1.807) is 6.07 Å². The first-order valence-corrected chi connectivity index (χ1v) is 6.57. The van der Waals surface area contributed by atoms with E-state index in [1.165, 1.54) is 16.9 Å². The third kappa shape index (κ3) is 1.93. The van der Waals surface area contributed by atoms with E-state index in [1.807, 2.05) is 42.6 Å². The Bertz CT molecular complexity index is 716. The van der Waals surface area contributed by atoms with Gasteiger partial charge in [0.05, 0.1) is 10.4 Å². The molecule has 0 atom stereocenters. The molecule has 0 aliphatic carbocycles. The van der Waals surface area contributed by atoms with Crippen molar-refractivity contribution in [3.05, 3.63) is 64.0 Å². The van der Waals surface area contributed by atoms with Crippen molar-refractivity contribution in [3.8, 4) is 0 Å². The summed E-state index contributed by atoms with van der Waals surface area (Å²) in [5, 5.41) is 2.97. The van der Waals surface area contributed by atoms with Crippen LogP contribution >= 0.6 is 11.3 Å². The van der Waals surface area contributed by atoms with Crippen molar-refractivity contribution in [3.63, 3.8) is 0 Å². The second-order valence-corrected chi connectivity index (χ2v) is 5.15. The average Bonchev–Trinajstić information content (AvgIpc) is 2.91. The molecule has 18 heavy (non-hydrogen) atoms. The Morgan fingerprint density at radius 1 is 1.17 bits per heavy atom. The molecule has 2 nitrogen and oxygen atoms in total. The monoisotopic (exact) mass is 253 g/mol. The van der Waals surface area contributed by atoms with E-state index in [2.05, 4.69) is 11.1 Å². The number of carbonyl (C=O) groups excluding carboxylic acids is 1. The van der Waals surface area contributed by atoms with E-state index in [4.69, 9.17) is 0 Å². The van der Waals surface area contributed by atoms with Crippen LogP contribution in [0.2, 0.25) is 0 Å². The molecule has 88 valence electrons. The number of aryl methyl sites for hydroxylation is 1. The van der Waals surface area contributed by atoms with Crippen LogP contribution in [0.15, 0.2) is 47.8 Å². The lowest BCUT2D eigenvalue weighted by molar-refractivity contribution is 0.103. The summed E-state index contributed by atoms with van der Waals surface area (Å²) in [6, 6.07) is 13.5. The number of nitrogens with zero attached hydrogens (tertiary/aromatic N) is 1. The summed E-state index contributed by atoms with van der Waals surface area (Å²) in [4.78, 5) is 17.3. The van der Waals surface area contributed by atoms with Gasteiger partial charge in [0.2, 0.25) is 5.78 Å². The van der Waals surface area contributed by atoms with E-state index < -0.39 is 0 Å². The van der Waals surface area contributed by atoms with Gasteiger partial charge in [-0.15, -0.1) is 11.3 Å². The Hall–Kier alpha value is -2.00. The van der Waals surface area contributed by atoms with Crippen LogP contribution in [0.3, 0.4) is 0 Å². The van der Waals surface area contributed by atoms with Gasteiger partial charge in [0.15, 0.2) is 0 Å². The van der Waals surface area contributed by atoms with Crippen LogP contribution in [-0.4, -0.2) is 10.8 Å². The third-order valence-electron chi connectivity index (χ3n) is 2.82. The Morgan fingerprint density at radius 2 is 2.06 bits per heavy atom. The minimum Gasteiger partial charge on any atom is -0.286 e. The number of thiophene rings is 1. The second kappa shape index (κ2) is 4.35. The number of fused-ring (bicyclic) bond motifs is 1. The predicted molar refractivity (Wildman–Crippen MR) is 74.2 cm³/mol. The fourth-order valence-corrected chi connectivity index (χ4v) is 2.58. The van der Waals surface area contributed by atoms with Crippen molar-refractivity contribution in [1.29, 1.82) is 0 Å². The molecule has 3 rings (SSSR count). The zero-order chi connectivity index (χ0) is 12.5. The SMILES string of the molecule is Cc1ccc2nc(C(=O)c3cccs3)ccc2c1. The number of hydrogen-bond acceptors (Lipinski definition) is 3. The van der Waals surface area contributed by atoms with Crippen LogP contribution in [-0.2, 0) is 0 Å². The lowest BCUT2D eigenvalue weighted by Gasteiger charge is -2.02. The summed E-state index contributed by atoms with van der Waals surface area (Å²) in [7, 11) is 0. The summed E-state index contributed by atoms with van der Waals surface area (Å²) in [6.45, 7) is 2.05. The molecule has 0 radical (unpaired) electrons. The van der Waals surface area contributed by atoms with E-state index >= 15 is 0 Å². The zero-order valence-corrected chi connectivity index (χ0v) is 10.7. The molecule has 0 aliphatic rings. The van der Waals surface area contributed by atoms with Gasteiger partial charge in [-0.05, 0) is 36.6 Å². The second-order valence-electron chi connectivity index (χ2n) is 4.20. The molecular weight excluding hydrogens is 242 g/mol. The van der Waals surface area contributed by atoms with E-state index in [-0.39, 0.29) is 5.78 Å². The van der Waals surface area contributed by atoms with E-state index in [0.717, 1.165) is 15.8 Å². The molecule has 2 aromatic heterocycles. The smallest absolute Gasteiger partial charge is 0.221 e. The van der Waals surface area contributed by atoms with Crippen molar-refractivity contribution in [2.24, 2.45) is 0 Å². The number of benzene rings is 1. The van der Waals surface area contributed by atoms with Crippen molar-refractivity contribution in [2.75, 3.05) is 0 Å². The van der Waals surface area contributed by atoms with E-state index in [0.29, 0.717) is 5.69 Å². The molecule has 0 spiro atoms. The molecule has 0 N–H and O–H groups in total. The molecule has 0 bridgehead atoms. The van der Waals surface area contributed by atoms with Gasteiger partial charge < -0.3 is 0 Å². The third-order valence-corrected chi connectivity index (χ3v) is 3.69. The number of pyridine rings is 1. The molecule has 3 aromatic rings. The molecular formula is C15H11NOS. The minimum atomic E-state index is -0.00697. The van der Waals surface area contributed by atoms with Crippen LogP contribution < -0.4 is 0 Å². The Morgan fingerprint density at radius 3 is 2.83 bits per heavy atom. The molecule has 0 saturated carbocycles. The maximum absolute atomic E-state index is 12.2. The Kier molecular flexibility index (Phi) is 2.68. The van der Waals surface area contributed by atoms with Gasteiger partial charge in [-0.2, -0.15) is 0 Å². The Labute approximate surface area is 109 Å². The van der Waals surface area contributed by atoms with Crippen molar-refractivity contribution in [2.45, 2.75) is 6.92 Å². The number of carbonyl (C=O) groups is 1. The summed E-state index contributed by atoms with van der Waals surface area (Å²) >= 11 is 1.44. The van der Waals surface area contributed by atoms with Crippen LogP contribution in [0.4, 0.5) is 0 Å². The summed E-state index contributed by atoms with van der Waals surface area (Å²) in [6.07, 6.45) is 0. The first kappa shape index (κ1) is 11.1. The quantitative estimate of drug-likeness (QED) is 0.649. The van der Waals surface area contributed by atoms with Crippen LogP contribution in [0, 0.1) is 6.92 Å². The van der Waals surface area contributed by atoms with Crippen molar-refractivity contribution < 1.29 is 4.79 Å². The summed E-state index contributed by atoms with van der Waals surface area (Å²) < 4.78 is 0. The number of ketones is 1. The Balaban J connectivity index is 2.09. The molecule has 0 saturated heterocycles. The highest BCUT2D eigenvalue weighted by Crippen LogP contribution is 2.18. The predicted octanol–water partition coefficient (Wildman–Crippen LogP) is 3.84. The summed E-state index contributed by atoms with van der Waals surface area (Å²) in [5.74, 6) is -0.00697. The normalized spacial score (nSPS) is 10.7. The number of rotatable bonds is 2. The highest BCUT2D eigenvalue weighted by atomic mass is 32.1. The van der Waals surface area contributed by atoms with E-state index in [9.17, 15) is 4.79 Å². The van der Waals surface area contributed by atoms with Crippen LogP contribution in [0.5, 0.6) is 0 Å². The standard InChI is InChI=1S/C15H11NOS/c1-10-4-6-12-11(9-10)5-7-13(16-12)15(17)14-3-2-8-18-14/h2-9H,1H3. The van der Waals surface area contributed by atoms with Gasteiger partial charge in [0.25, 0.3) is 0 Å². The molecule has 0 unspecified atom stereocenters. The van der Waals surface area contributed by atoms with Crippen LogP contribution in [0.25, 0.3) is 10.9 Å². The van der Waals surface area contributed by atoms with Gasteiger partial charge in [-0.1, -0.05) is 23.8 Å². The maximum Gasteiger partial charge on any atom is 0.221 e. The lowest BCUT2D eigenvalue weighted by atomic mass is 10.1. The fraction of sp³-hybridized carbons (Fsp3) is 0.0667. The lowest BCUT2D eigenvalue weighted by Crippen LogP contribution is -2.01. The minimum absolute atomic E-state index is 0.00697. The zero-order valence-electron chi connectivity index (χ0n) is 9.88. The number of hydrogen-bond donors (Lipinski definition) is 0. The maximum atomic E-state index is 12.2. The highest BCUT2D eigenvalue weighted by Gasteiger charge is 2.11. The van der Waals surface area contributed by atoms with Crippen LogP contribution in [0.1, 0.15) is 20.9 Å². The highest BCUT2D eigenvalue weighted by molar-refractivity contribution is 7.12. The van der Waals surface area contributed by atoms with Gasteiger partial charge in [0, 0.05) is 5.39 Å².